The molecule has 1 rings (SSSR count). The summed E-state index contributed by atoms with van der Waals surface area (Å²) in [5.41, 5.74) is -0.459. The van der Waals surface area contributed by atoms with Crippen molar-refractivity contribution in [1.29, 1.82) is 0 Å². The quantitative estimate of drug-likeness (QED) is 0.754. The third kappa shape index (κ3) is 4.79. The Morgan fingerprint density at radius 3 is 2.44 bits per heavy atom. The third-order valence-corrected chi connectivity index (χ3v) is 2.64. The van der Waals surface area contributed by atoms with Crippen LogP contribution in [-0.4, -0.2) is 41.2 Å². The van der Waals surface area contributed by atoms with Crippen molar-refractivity contribution < 1.29 is 9.53 Å². The van der Waals surface area contributed by atoms with E-state index < -0.39 is 11.7 Å². The lowest BCUT2D eigenvalue weighted by Crippen LogP contribution is -2.39. The zero-order chi connectivity index (χ0) is 12.2. The molecule has 0 aromatic rings. The Hall–Kier alpha value is -0.840. The summed E-state index contributed by atoms with van der Waals surface area (Å²) in [5.74, 6) is 0. The van der Waals surface area contributed by atoms with Crippen molar-refractivity contribution >= 4 is 23.3 Å². The largest absolute Gasteiger partial charge is 0.444 e. The van der Waals surface area contributed by atoms with Crippen molar-refractivity contribution in [1.82, 2.24) is 10.2 Å². The normalized spacial score (nSPS) is 16.1. The fourth-order valence-corrected chi connectivity index (χ4v) is 1.80. The van der Waals surface area contributed by atoms with E-state index in [4.69, 9.17) is 17.0 Å². The average Bonchev–Trinajstić information content (AvgIpc) is 2.64. The predicted molar refractivity (Wildman–Crippen MR) is 67.6 cm³/mol. The van der Waals surface area contributed by atoms with Gasteiger partial charge in [-0.2, -0.15) is 0 Å². The Labute approximate surface area is 102 Å². The minimum atomic E-state index is -0.459. The summed E-state index contributed by atoms with van der Waals surface area (Å²) in [6, 6.07) is 0. The first-order valence-corrected chi connectivity index (χ1v) is 6.04. The fourth-order valence-electron chi connectivity index (χ4n) is 1.54. The Bertz CT molecular complexity index is 268. The Balaban J connectivity index is 2.23. The lowest BCUT2D eigenvalue weighted by atomic mass is 10.2. The van der Waals surface area contributed by atoms with Gasteiger partial charge < -0.3 is 15.0 Å². The summed E-state index contributed by atoms with van der Waals surface area (Å²) in [7, 11) is 0. The lowest BCUT2D eigenvalue weighted by Gasteiger charge is -2.22. The van der Waals surface area contributed by atoms with Gasteiger partial charge in [0.1, 0.15) is 5.60 Å². The molecular weight excluding hydrogens is 224 g/mol. The van der Waals surface area contributed by atoms with Gasteiger partial charge in [-0.25, -0.2) is 4.79 Å². The maximum absolute atomic E-state index is 11.4. The standard InChI is InChI=1S/C11H20N2O2S/c1-11(2,3)15-10(14)12-8-9(16)13-6-4-5-7-13/h4-8H2,1-3H3,(H,12,14). The SMILES string of the molecule is CC(C)(C)OC(=O)NCC(=S)N1CCCC1. The van der Waals surface area contributed by atoms with Gasteiger partial charge in [0.15, 0.2) is 0 Å². The summed E-state index contributed by atoms with van der Waals surface area (Å²) < 4.78 is 5.12. The highest BCUT2D eigenvalue weighted by atomic mass is 32.1. The number of carbonyl (C=O) groups excluding carboxylic acids is 1. The number of nitrogens with zero attached hydrogens (tertiary/aromatic N) is 1. The molecule has 0 saturated carbocycles. The molecule has 1 aliphatic rings. The van der Waals surface area contributed by atoms with Crippen LogP contribution in [0, 0.1) is 0 Å². The van der Waals surface area contributed by atoms with E-state index in [0.717, 1.165) is 18.1 Å². The van der Waals surface area contributed by atoms with E-state index in [1.165, 1.54) is 12.8 Å². The van der Waals surface area contributed by atoms with E-state index in [-0.39, 0.29) is 0 Å². The third-order valence-electron chi connectivity index (χ3n) is 2.24. The van der Waals surface area contributed by atoms with Crippen molar-refractivity contribution in [3.05, 3.63) is 0 Å². The van der Waals surface area contributed by atoms with E-state index in [1.54, 1.807) is 0 Å². The van der Waals surface area contributed by atoms with Crippen LogP contribution in [0.25, 0.3) is 0 Å². The van der Waals surface area contributed by atoms with Crippen LogP contribution in [-0.2, 0) is 4.74 Å². The smallest absolute Gasteiger partial charge is 0.408 e. The van der Waals surface area contributed by atoms with E-state index >= 15 is 0 Å². The van der Waals surface area contributed by atoms with Gasteiger partial charge in [-0.1, -0.05) is 12.2 Å². The van der Waals surface area contributed by atoms with Gasteiger partial charge in [0.2, 0.25) is 0 Å². The predicted octanol–water partition coefficient (Wildman–Crippen LogP) is 1.93. The number of rotatable bonds is 2. The van der Waals surface area contributed by atoms with Crippen molar-refractivity contribution in [2.45, 2.75) is 39.2 Å². The molecule has 0 aliphatic carbocycles. The first-order chi connectivity index (χ1) is 7.38. The number of likely N-dealkylation sites (tertiary alicyclic amines) is 1. The molecule has 1 N–H and O–H groups in total. The maximum Gasteiger partial charge on any atom is 0.408 e. The molecule has 0 aromatic carbocycles. The zero-order valence-corrected chi connectivity index (χ0v) is 11.0. The van der Waals surface area contributed by atoms with Crippen LogP contribution in [0.5, 0.6) is 0 Å². The highest BCUT2D eigenvalue weighted by Crippen LogP contribution is 2.09. The first-order valence-electron chi connectivity index (χ1n) is 5.63. The van der Waals surface area contributed by atoms with Crippen molar-refractivity contribution in [2.75, 3.05) is 19.6 Å². The van der Waals surface area contributed by atoms with Crippen LogP contribution in [0.1, 0.15) is 33.6 Å². The second-order valence-corrected chi connectivity index (χ2v) is 5.41. The van der Waals surface area contributed by atoms with Gasteiger partial charge in [-0.3, -0.25) is 0 Å². The first kappa shape index (κ1) is 13.2. The number of hydrogen-bond donors (Lipinski definition) is 1. The van der Waals surface area contributed by atoms with E-state index in [2.05, 4.69) is 10.2 Å². The molecule has 1 saturated heterocycles. The Morgan fingerprint density at radius 1 is 1.38 bits per heavy atom. The number of hydrogen-bond acceptors (Lipinski definition) is 3. The molecule has 1 heterocycles. The Morgan fingerprint density at radius 2 is 1.94 bits per heavy atom. The van der Waals surface area contributed by atoms with Crippen molar-refractivity contribution in [3.8, 4) is 0 Å². The molecule has 0 spiro atoms. The monoisotopic (exact) mass is 244 g/mol. The van der Waals surface area contributed by atoms with Crippen LogP contribution in [0.15, 0.2) is 0 Å². The van der Waals surface area contributed by atoms with E-state index in [0.29, 0.717) is 6.54 Å². The number of nitrogens with one attached hydrogen (secondary N) is 1. The molecule has 0 unspecified atom stereocenters. The molecule has 5 heteroatoms. The fraction of sp³-hybridized carbons (Fsp3) is 0.818. The summed E-state index contributed by atoms with van der Waals surface area (Å²) >= 11 is 5.23. The van der Waals surface area contributed by atoms with Crippen LogP contribution in [0.2, 0.25) is 0 Å². The topological polar surface area (TPSA) is 41.6 Å². The van der Waals surface area contributed by atoms with Gasteiger partial charge in [0.05, 0.1) is 11.5 Å². The van der Waals surface area contributed by atoms with Gasteiger partial charge in [-0.15, -0.1) is 0 Å². The van der Waals surface area contributed by atoms with Crippen LogP contribution < -0.4 is 5.32 Å². The van der Waals surface area contributed by atoms with E-state index in [1.807, 2.05) is 20.8 Å². The summed E-state index contributed by atoms with van der Waals surface area (Å²) in [5, 5.41) is 2.67. The van der Waals surface area contributed by atoms with Gasteiger partial charge in [0.25, 0.3) is 0 Å². The molecule has 16 heavy (non-hydrogen) atoms. The van der Waals surface area contributed by atoms with Crippen molar-refractivity contribution in [3.63, 3.8) is 0 Å². The van der Waals surface area contributed by atoms with Crippen LogP contribution in [0.4, 0.5) is 4.79 Å². The number of ether oxygens (including phenoxy) is 1. The van der Waals surface area contributed by atoms with Gasteiger partial charge in [0, 0.05) is 13.1 Å². The molecule has 0 aromatic heterocycles. The number of amides is 1. The second kappa shape index (κ2) is 5.48. The van der Waals surface area contributed by atoms with Crippen molar-refractivity contribution in [2.24, 2.45) is 0 Å². The highest BCUT2D eigenvalue weighted by Gasteiger charge is 2.18. The summed E-state index contributed by atoms with van der Waals surface area (Å²) in [6.07, 6.45) is 1.97. The molecule has 1 amide bonds. The number of thiocarbonyl (C=S) groups is 1. The lowest BCUT2D eigenvalue weighted by molar-refractivity contribution is 0.0535. The molecule has 4 nitrogen and oxygen atoms in total. The Kier molecular flexibility index (Phi) is 4.53. The molecule has 0 radical (unpaired) electrons. The molecule has 1 fully saturated rings. The molecule has 1 aliphatic heterocycles. The van der Waals surface area contributed by atoms with Gasteiger partial charge in [-0.05, 0) is 33.6 Å². The molecule has 0 atom stereocenters. The minimum Gasteiger partial charge on any atom is -0.444 e. The summed E-state index contributed by atoms with van der Waals surface area (Å²) in [4.78, 5) is 14.3. The number of carbonyl (C=O) groups is 1. The zero-order valence-electron chi connectivity index (χ0n) is 10.2. The summed E-state index contributed by atoms with van der Waals surface area (Å²) in [6.45, 7) is 7.93. The minimum absolute atomic E-state index is 0.393. The molecule has 92 valence electrons. The van der Waals surface area contributed by atoms with Crippen LogP contribution >= 0.6 is 12.2 Å². The second-order valence-electron chi connectivity index (χ2n) is 4.94. The average molecular weight is 244 g/mol. The molecular formula is C11H20N2O2S. The van der Waals surface area contributed by atoms with E-state index in [9.17, 15) is 4.79 Å². The van der Waals surface area contributed by atoms with Gasteiger partial charge >= 0.3 is 6.09 Å². The molecule has 0 bridgehead atoms. The van der Waals surface area contributed by atoms with Crippen LogP contribution in [0.3, 0.4) is 0 Å². The highest BCUT2D eigenvalue weighted by molar-refractivity contribution is 7.80. The number of alkyl carbamates (subject to hydrolysis) is 1. The maximum atomic E-state index is 11.4.